The highest BCUT2D eigenvalue weighted by Gasteiger charge is 2.43. The number of aliphatic hydroxyl groups is 3. The molecule has 1 aromatic rings. The van der Waals surface area contributed by atoms with E-state index in [-0.39, 0.29) is 0 Å². The topological polar surface area (TPSA) is 105 Å². The van der Waals surface area contributed by atoms with Gasteiger partial charge in [-0.2, -0.15) is 0 Å². The van der Waals surface area contributed by atoms with E-state index in [1.165, 1.54) is 0 Å². The van der Waals surface area contributed by atoms with Gasteiger partial charge in [-0.25, -0.2) is 0 Å². The van der Waals surface area contributed by atoms with Gasteiger partial charge in [0, 0.05) is 5.69 Å². The van der Waals surface area contributed by atoms with Gasteiger partial charge in [0.15, 0.2) is 0 Å². The normalized spacial score (nSPS) is 36.3. The molecule has 0 radical (unpaired) electrons. The van der Waals surface area contributed by atoms with Gasteiger partial charge in [-0.3, -0.25) is 0 Å². The van der Waals surface area contributed by atoms with Gasteiger partial charge in [0.25, 0.3) is 0 Å². The second kappa shape index (κ2) is 5.11. The highest BCUT2D eigenvalue weighted by Crippen LogP contribution is 2.24. The van der Waals surface area contributed by atoms with Crippen molar-refractivity contribution in [2.24, 2.45) is 0 Å². The van der Waals surface area contributed by atoms with Gasteiger partial charge in [0.2, 0.25) is 6.29 Å². The van der Waals surface area contributed by atoms with Crippen LogP contribution in [-0.4, -0.2) is 46.0 Å². The molecule has 6 nitrogen and oxygen atoms in total. The summed E-state index contributed by atoms with van der Waals surface area (Å²) in [6.45, 7) is 1.60. The fourth-order valence-electron chi connectivity index (χ4n) is 1.79. The van der Waals surface area contributed by atoms with Gasteiger partial charge in [-0.15, -0.1) is 0 Å². The van der Waals surface area contributed by atoms with E-state index in [2.05, 4.69) is 0 Å². The van der Waals surface area contributed by atoms with E-state index in [1.54, 1.807) is 31.2 Å². The van der Waals surface area contributed by atoms with E-state index in [1.807, 2.05) is 0 Å². The number of nitrogen functional groups attached to an aromatic ring is 1. The van der Waals surface area contributed by atoms with Gasteiger partial charge in [-0.05, 0) is 31.2 Å². The molecule has 0 bridgehead atoms. The summed E-state index contributed by atoms with van der Waals surface area (Å²) in [6, 6.07) is 6.57. The summed E-state index contributed by atoms with van der Waals surface area (Å²) in [5, 5.41) is 28.9. The maximum Gasteiger partial charge on any atom is 0.229 e. The first-order valence-corrected chi connectivity index (χ1v) is 5.71. The first kappa shape index (κ1) is 13.1. The maximum atomic E-state index is 9.76. The third-order valence-corrected chi connectivity index (χ3v) is 2.94. The predicted octanol–water partition coefficient (Wildman–Crippen LogP) is -0.525. The molecule has 6 heteroatoms. The molecular weight excluding hydrogens is 238 g/mol. The first-order chi connectivity index (χ1) is 8.49. The van der Waals surface area contributed by atoms with Crippen LogP contribution in [0.2, 0.25) is 0 Å². The molecule has 0 spiro atoms. The van der Waals surface area contributed by atoms with Crippen LogP contribution >= 0.6 is 0 Å². The fraction of sp³-hybridized carbons (Fsp3) is 0.500. The lowest BCUT2D eigenvalue weighted by Gasteiger charge is -2.38. The Balaban J connectivity index is 2.06. The lowest BCUT2D eigenvalue weighted by Crippen LogP contribution is -2.58. The Labute approximate surface area is 105 Å². The molecule has 100 valence electrons. The molecule has 0 saturated carbocycles. The predicted molar refractivity (Wildman–Crippen MR) is 63.8 cm³/mol. The standard InChI is InChI=1S/C12H17NO5/c1-6-9(14)10(15)11(16)12(17-6)18-8-4-2-7(13)3-5-8/h2-6,9-12,14-16H,13H2,1H3/t6-,9+,10+,11-,12-/m1/s1. The average molecular weight is 255 g/mol. The van der Waals surface area contributed by atoms with Crippen molar-refractivity contribution in [2.75, 3.05) is 5.73 Å². The molecule has 5 atom stereocenters. The second-order valence-corrected chi connectivity index (χ2v) is 4.37. The van der Waals surface area contributed by atoms with Crippen LogP contribution in [0, 0.1) is 0 Å². The Morgan fingerprint density at radius 2 is 1.67 bits per heavy atom. The zero-order chi connectivity index (χ0) is 13.3. The van der Waals surface area contributed by atoms with E-state index in [0.717, 1.165) is 0 Å². The van der Waals surface area contributed by atoms with Crippen molar-refractivity contribution >= 4 is 5.69 Å². The molecule has 0 aliphatic carbocycles. The van der Waals surface area contributed by atoms with Crippen LogP contribution in [0.1, 0.15) is 6.92 Å². The van der Waals surface area contributed by atoms with Crippen molar-refractivity contribution in [1.29, 1.82) is 0 Å². The van der Waals surface area contributed by atoms with Gasteiger partial charge in [0.05, 0.1) is 6.10 Å². The van der Waals surface area contributed by atoms with E-state index >= 15 is 0 Å². The van der Waals surface area contributed by atoms with Crippen molar-refractivity contribution in [3.63, 3.8) is 0 Å². The molecule has 5 N–H and O–H groups in total. The van der Waals surface area contributed by atoms with Crippen molar-refractivity contribution in [3.05, 3.63) is 24.3 Å². The molecule has 1 aliphatic heterocycles. The number of nitrogens with two attached hydrogens (primary N) is 1. The van der Waals surface area contributed by atoms with Gasteiger partial charge >= 0.3 is 0 Å². The monoisotopic (exact) mass is 255 g/mol. The minimum atomic E-state index is -1.31. The van der Waals surface area contributed by atoms with Crippen LogP contribution in [0.5, 0.6) is 5.75 Å². The molecule has 2 rings (SSSR count). The number of aliphatic hydroxyl groups excluding tert-OH is 3. The number of hydrogen-bond donors (Lipinski definition) is 4. The van der Waals surface area contributed by atoms with Crippen LogP contribution in [0.15, 0.2) is 24.3 Å². The summed E-state index contributed by atoms with van der Waals surface area (Å²) in [5.74, 6) is 0.462. The molecule has 1 heterocycles. The van der Waals surface area contributed by atoms with Crippen LogP contribution in [0.4, 0.5) is 5.69 Å². The number of ether oxygens (including phenoxy) is 2. The zero-order valence-corrected chi connectivity index (χ0v) is 9.93. The molecule has 1 fully saturated rings. The summed E-state index contributed by atoms with van der Waals surface area (Å²) in [4.78, 5) is 0. The molecule has 18 heavy (non-hydrogen) atoms. The van der Waals surface area contributed by atoms with Gasteiger partial charge < -0.3 is 30.5 Å². The van der Waals surface area contributed by atoms with E-state index in [0.29, 0.717) is 11.4 Å². The minimum Gasteiger partial charge on any atom is -0.462 e. The van der Waals surface area contributed by atoms with Crippen molar-refractivity contribution in [2.45, 2.75) is 37.6 Å². The van der Waals surface area contributed by atoms with Crippen LogP contribution in [0.25, 0.3) is 0 Å². The van der Waals surface area contributed by atoms with Gasteiger partial charge in [-0.1, -0.05) is 0 Å². The third kappa shape index (κ3) is 2.56. The molecule has 0 amide bonds. The highest BCUT2D eigenvalue weighted by molar-refractivity contribution is 5.41. The zero-order valence-electron chi connectivity index (χ0n) is 9.93. The fourth-order valence-corrected chi connectivity index (χ4v) is 1.79. The number of benzene rings is 1. The number of anilines is 1. The maximum absolute atomic E-state index is 9.76. The lowest BCUT2D eigenvalue weighted by atomic mass is 10.00. The largest absolute Gasteiger partial charge is 0.462 e. The quantitative estimate of drug-likeness (QED) is 0.530. The third-order valence-electron chi connectivity index (χ3n) is 2.94. The minimum absolute atomic E-state index is 0.462. The van der Waals surface area contributed by atoms with Crippen molar-refractivity contribution < 1.29 is 24.8 Å². The molecular formula is C12H17NO5. The Bertz CT molecular complexity index is 396. The van der Waals surface area contributed by atoms with E-state index < -0.39 is 30.7 Å². The SMILES string of the molecule is C[C@H]1O[C@H](Oc2ccc(N)cc2)[C@H](O)[C@@H](O)[C@H]1O. The summed E-state index contributed by atoms with van der Waals surface area (Å²) in [6.07, 6.45) is -5.39. The molecule has 0 aromatic heterocycles. The van der Waals surface area contributed by atoms with Crippen LogP contribution < -0.4 is 10.5 Å². The molecule has 1 aromatic carbocycles. The molecule has 1 aliphatic rings. The van der Waals surface area contributed by atoms with Crippen LogP contribution in [0.3, 0.4) is 0 Å². The summed E-state index contributed by atoms with van der Waals surface area (Å²) in [7, 11) is 0. The highest BCUT2D eigenvalue weighted by atomic mass is 16.7. The van der Waals surface area contributed by atoms with Crippen molar-refractivity contribution in [1.82, 2.24) is 0 Å². The Hall–Kier alpha value is -1.34. The smallest absolute Gasteiger partial charge is 0.229 e. The molecule has 1 saturated heterocycles. The summed E-state index contributed by atoms with van der Waals surface area (Å²) in [5.41, 5.74) is 6.13. The Morgan fingerprint density at radius 1 is 1.06 bits per heavy atom. The van der Waals surface area contributed by atoms with Gasteiger partial charge in [0.1, 0.15) is 24.1 Å². The summed E-state index contributed by atoms with van der Waals surface area (Å²) < 4.78 is 10.7. The first-order valence-electron chi connectivity index (χ1n) is 5.71. The summed E-state index contributed by atoms with van der Waals surface area (Å²) >= 11 is 0. The number of hydrogen-bond acceptors (Lipinski definition) is 6. The Kier molecular flexibility index (Phi) is 3.72. The average Bonchev–Trinajstić information content (AvgIpc) is 2.36. The lowest BCUT2D eigenvalue weighted by molar-refractivity contribution is -0.268. The Morgan fingerprint density at radius 3 is 2.28 bits per heavy atom. The van der Waals surface area contributed by atoms with E-state index in [4.69, 9.17) is 15.2 Å². The van der Waals surface area contributed by atoms with Crippen molar-refractivity contribution in [3.8, 4) is 5.75 Å². The second-order valence-electron chi connectivity index (χ2n) is 4.37. The van der Waals surface area contributed by atoms with E-state index in [9.17, 15) is 15.3 Å². The molecule has 0 unspecified atom stereocenters. The number of rotatable bonds is 2. The van der Waals surface area contributed by atoms with Crippen LogP contribution in [-0.2, 0) is 4.74 Å².